The molecule has 0 saturated carbocycles. The number of carbonyl (C=O) groups excluding carboxylic acids is 1. The number of hydrogen-bond acceptors (Lipinski definition) is 5. The van der Waals surface area contributed by atoms with Crippen molar-refractivity contribution < 1.29 is 19.0 Å². The van der Waals surface area contributed by atoms with Crippen molar-refractivity contribution in [3.05, 3.63) is 0 Å². The topological polar surface area (TPSA) is 56.8 Å². The molecule has 2 atom stereocenters. The fourth-order valence-corrected chi connectivity index (χ4v) is 1.79. The monoisotopic (exact) mass is 201 g/mol. The van der Waals surface area contributed by atoms with Crippen LogP contribution < -0.4 is 5.32 Å². The van der Waals surface area contributed by atoms with E-state index in [-0.39, 0.29) is 12.0 Å². The van der Waals surface area contributed by atoms with Gasteiger partial charge in [0.1, 0.15) is 11.8 Å². The summed E-state index contributed by atoms with van der Waals surface area (Å²) >= 11 is 0. The summed E-state index contributed by atoms with van der Waals surface area (Å²) in [6.45, 7) is 3.77. The molecule has 0 aromatic heterocycles. The molecule has 1 N–H and O–H groups in total. The van der Waals surface area contributed by atoms with E-state index in [0.29, 0.717) is 26.4 Å². The molecule has 2 fully saturated rings. The lowest BCUT2D eigenvalue weighted by atomic mass is 10.2. The van der Waals surface area contributed by atoms with E-state index in [0.717, 1.165) is 6.42 Å². The Morgan fingerprint density at radius 1 is 1.71 bits per heavy atom. The van der Waals surface area contributed by atoms with Crippen LogP contribution in [-0.4, -0.2) is 44.2 Å². The Labute approximate surface area is 82.7 Å². The second kappa shape index (κ2) is 3.84. The molecule has 0 amide bonds. The van der Waals surface area contributed by atoms with Gasteiger partial charge in [0.15, 0.2) is 0 Å². The van der Waals surface area contributed by atoms with Crippen molar-refractivity contribution in [2.45, 2.75) is 25.1 Å². The predicted molar refractivity (Wildman–Crippen MR) is 47.7 cm³/mol. The van der Waals surface area contributed by atoms with Gasteiger partial charge in [-0.1, -0.05) is 0 Å². The molecule has 2 aliphatic heterocycles. The molecule has 0 aromatic carbocycles. The predicted octanol–water partition coefficient (Wildman–Crippen LogP) is -0.346. The zero-order valence-electron chi connectivity index (χ0n) is 8.25. The average molecular weight is 201 g/mol. The van der Waals surface area contributed by atoms with Crippen LogP contribution in [0.5, 0.6) is 0 Å². The van der Waals surface area contributed by atoms with E-state index in [9.17, 15) is 4.79 Å². The molecule has 14 heavy (non-hydrogen) atoms. The van der Waals surface area contributed by atoms with Gasteiger partial charge in [0.2, 0.25) is 0 Å². The third-order valence-corrected chi connectivity index (χ3v) is 2.52. The lowest BCUT2D eigenvalue weighted by Gasteiger charge is -2.20. The molecule has 80 valence electrons. The summed E-state index contributed by atoms with van der Waals surface area (Å²) in [5, 5.41) is 3.13. The quantitative estimate of drug-likeness (QED) is 0.619. The SMILES string of the molecule is CCOC(=O)C1COC2(CCOC2)N1. The lowest BCUT2D eigenvalue weighted by Crippen LogP contribution is -2.47. The first-order valence-electron chi connectivity index (χ1n) is 4.92. The van der Waals surface area contributed by atoms with E-state index in [4.69, 9.17) is 14.2 Å². The van der Waals surface area contributed by atoms with Gasteiger partial charge >= 0.3 is 5.97 Å². The number of rotatable bonds is 2. The molecule has 2 aliphatic rings. The average Bonchev–Trinajstić information content (AvgIpc) is 2.78. The normalized spacial score (nSPS) is 36.5. The molecule has 0 aliphatic carbocycles. The molecule has 2 unspecified atom stereocenters. The van der Waals surface area contributed by atoms with E-state index < -0.39 is 5.72 Å². The van der Waals surface area contributed by atoms with Crippen LogP contribution in [0, 0.1) is 0 Å². The molecule has 2 rings (SSSR count). The highest BCUT2D eigenvalue weighted by molar-refractivity contribution is 5.76. The number of ether oxygens (including phenoxy) is 3. The first-order chi connectivity index (χ1) is 6.76. The van der Waals surface area contributed by atoms with Crippen LogP contribution in [0.1, 0.15) is 13.3 Å². The van der Waals surface area contributed by atoms with Gasteiger partial charge in [-0.2, -0.15) is 0 Å². The smallest absolute Gasteiger partial charge is 0.325 e. The fraction of sp³-hybridized carbons (Fsp3) is 0.889. The van der Waals surface area contributed by atoms with Crippen molar-refractivity contribution in [1.29, 1.82) is 0 Å². The van der Waals surface area contributed by atoms with Crippen molar-refractivity contribution in [1.82, 2.24) is 5.32 Å². The Balaban J connectivity index is 1.90. The molecular formula is C9H15NO4. The summed E-state index contributed by atoms with van der Waals surface area (Å²) in [7, 11) is 0. The molecule has 5 nitrogen and oxygen atoms in total. The van der Waals surface area contributed by atoms with Gasteiger partial charge in [-0.3, -0.25) is 10.1 Å². The van der Waals surface area contributed by atoms with Crippen LogP contribution in [0.15, 0.2) is 0 Å². The minimum atomic E-state index is -0.433. The van der Waals surface area contributed by atoms with Gasteiger partial charge in [0.25, 0.3) is 0 Å². The summed E-state index contributed by atoms with van der Waals surface area (Å²) in [5.41, 5.74) is -0.433. The van der Waals surface area contributed by atoms with Crippen LogP contribution in [0.25, 0.3) is 0 Å². The standard InChI is InChI=1S/C9H15NO4/c1-2-13-8(11)7-5-14-9(10-7)3-4-12-6-9/h7,10H,2-6H2,1H3. The number of esters is 1. The maximum absolute atomic E-state index is 11.4. The van der Waals surface area contributed by atoms with Crippen molar-refractivity contribution in [2.75, 3.05) is 26.4 Å². The van der Waals surface area contributed by atoms with Gasteiger partial charge in [-0.15, -0.1) is 0 Å². The van der Waals surface area contributed by atoms with E-state index in [1.54, 1.807) is 6.92 Å². The van der Waals surface area contributed by atoms with Gasteiger partial charge in [0.05, 0.1) is 26.4 Å². The lowest BCUT2D eigenvalue weighted by molar-refractivity contribution is -0.145. The van der Waals surface area contributed by atoms with Gasteiger partial charge in [-0.05, 0) is 6.92 Å². The summed E-state index contributed by atoms with van der Waals surface area (Å²) < 4.78 is 15.7. The summed E-state index contributed by atoms with van der Waals surface area (Å²) in [5.74, 6) is -0.240. The van der Waals surface area contributed by atoms with Crippen LogP contribution in [0.2, 0.25) is 0 Å². The number of carbonyl (C=O) groups is 1. The maximum atomic E-state index is 11.4. The number of nitrogens with one attached hydrogen (secondary N) is 1. The molecule has 0 bridgehead atoms. The van der Waals surface area contributed by atoms with Gasteiger partial charge in [-0.25, -0.2) is 0 Å². The van der Waals surface area contributed by atoms with Crippen LogP contribution in [0.4, 0.5) is 0 Å². The number of hydrogen-bond donors (Lipinski definition) is 1. The van der Waals surface area contributed by atoms with Crippen molar-refractivity contribution in [2.24, 2.45) is 0 Å². The first kappa shape index (κ1) is 9.89. The Bertz CT molecular complexity index is 225. The zero-order valence-corrected chi connectivity index (χ0v) is 8.25. The second-order valence-electron chi connectivity index (χ2n) is 3.56. The maximum Gasteiger partial charge on any atom is 0.325 e. The molecular weight excluding hydrogens is 186 g/mol. The van der Waals surface area contributed by atoms with Crippen molar-refractivity contribution >= 4 is 5.97 Å². The summed E-state index contributed by atoms with van der Waals surface area (Å²) in [4.78, 5) is 11.4. The van der Waals surface area contributed by atoms with E-state index in [1.165, 1.54) is 0 Å². The first-order valence-corrected chi connectivity index (χ1v) is 4.92. The highest BCUT2D eigenvalue weighted by atomic mass is 16.6. The zero-order chi connectivity index (χ0) is 10.0. The fourth-order valence-electron chi connectivity index (χ4n) is 1.79. The van der Waals surface area contributed by atoms with Gasteiger partial charge in [0, 0.05) is 6.42 Å². The Hall–Kier alpha value is -0.650. The minimum Gasteiger partial charge on any atom is -0.465 e. The van der Waals surface area contributed by atoms with Crippen molar-refractivity contribution in [3.63, 3.8) is 0 Å². The van der Waals surface area contributed by atoms with Crippen molar-refractivity contribution in [3.8, 4) is 0 Å². The molecule has 2 saturated heterocycles. The Kier molecular flexibility index (Phi) is 2.71. The Morgan fingerprint density at radius 2 is 2.57 bits per heavy atom. The highest BCUT2D eigenvalue weighted by Crippen LogP contribution is 2.25. The van der Waals surface area contributed by atoms with Crippen LogP contribution >= 0.6 is 0 Å². The largest absolute Gasteiger partial charge is 0.465 e. The Morgan fingerprint density at radius 3 is 3.21 bits per heavy atom. The molecule has 0 radical (unpaired) electrons. The van der Waals surface area contributed by atoms with E-state index >= 15 is 0 Å². The second-order valence-corrected chi connectivity index (χ2v) is 3.56. The van der Waals surface area contributed by atoms with Gasteiger partial charge < -0.3 is 14.2 Å². The summed E-state index contributed by atoms with van der Waals surface area (Å²) in [6, 6.07) is -0.336. The van der Waals surface area contributed by atoms with E-state index in [1.807, 2.05) is 0 Å². The molecule has 1 spiro atoms. The van der Waals surface area contributed by atoms with Crippen LogP contribution in [-0.2, 0) is 19.0 Å². The van der Waals surface area contributed by atoms with Crippen LogP contribution in [0.3, 0.4) is 0 Å². The molecule has 0 aromatic rings. The molecule has 5 heteroatoms. The third kappa shape index (κ3) is 1.75. The molecule has 2 heterocycles. The summed E-state index contributed by atoms with van der Waals surface area (Å²) in [6.07, 6.45) is 0.795. The van der Waals surface area contributed by atoms with E-state index in [2.05, 4.69) is 5.32 Å². The minimum absolute atomic E-state index is 0.240. The third-order valence-electron chi connectivity index (χ3n) is 2.52. The highest BCUT2D eigenvalue weighted by Gasteiger charge is 2.45.